The first-order chi connectivity index (χ1) is 10.9. The van der Waals surface area contributed by atoms with E-state index in [1.807, 2.05) is 0 Å². The molecule has 0 bridgehead atoms. The number of halogens is 2. The highest BCUT2D eigenvalue weighted by molar-refractivity contribution is 5.74. The molecule has 9 heteroatoms. The predicted octanol–water partition coefficient (Wildman–Crippen LogP) is 1.81. The zero-order chi connectivity index (χ0) is 16.8. The third kappa shape index (κ3) is 2.11. The molecule has 1 aromatic carbocycles. The lowest BCUT2D eigenvalue weighted by Crippen LogP contribution is -2.52. The number of nitro benzene ring substituents is 1. The largest absolute Gasteiger partial charge is 0.493 e. The molecule has 0 amide bonds. The van der Waals surface area contributed by atoms with Gasteiger partial charge in [0.15, 0.2) is 11.6 Å². The van der Waals surface area contributed by atoms with Crippen LogP contribution in [-0.4, -0.2) is 30.8 Å². The molecule has 0 spiro atoms. The van der Waals surface area contributed by atoms with Crippen molar-refractivity contribution >= 4 is 11.7 Å². The second-order valence-corrected chi connectivity index (χ2v) is 5.27. The summed E-state index contributed by atoms with van der Waals surface area (Å²) in [6.45, 7) is -1.04. The SMILES string of the molecule is COc1c(F)cc([N+](=O)[O-])cc1C1(CF)N=C(N)OC2C=C[C@@H]21. The van der Waals surface area contributed by atoms with Crippen LogP contribution in [0, 0.1) is 21.8 Å². The van der Waals surface area contributed by atoms with E-state index < -0.39 is 40.7 Å². The molecule has 0 aromatic heterocycles. The summed E-state index contributed by atoms with van der Waals surface area (Å²) in [6.07, 6.45) is 2.79. The topological polar surface area (TPSA) is 100.0 Å². The van der Waals surface area contributed by atoms with Crippen LogP contribution in [0.3, 0.4) is 0 Å². The third-order valence-electron chi connectivity index (χ3n) is 4.09. The summed E-state index contributed by atoms with van der Waals surface area (Å²) in [4.78, 5) is 14.3. The fraction of sp³-hybridized carbons (Fsp3) is 0.357. The zero-order valence-corrected chi connectivity index (χ0v) is 12.0. The number of nitrogens with zero attached hydrogens (tertiary/aromatic N) is 2. The van der Waals surface area contributed by atoms with Crippen LogP contribution in [0.2, 0.25) is 0 Å². The molecule has 122 valence electrons. The molecule has 0 fully saturated rings. The number of hydrogen-bond donors (Lipinski definition) is 1. The maximum Gasteiger partial charge on any atom is 0.283 e. The smallest absolute Gasteiger partial charge is 0.283 e. The summed E-state index contributed by atoms with van der Waals surface area (Å²) in [6, 6.07) is 1.52. The Morgan fingerprint density at radius 3 is 2.78 bits per heavy atom. The van der Waals surface area contributed by atoms with Crippen LogP contribution >= 0.6 is 0 Å². The fourth-order valence-electron chi connectivity index (χ4n) is 2.94. The minimum atomic E-state index is -1.63. The van der Waals surface area contributed by atoms with Gasteiger partial charge in [0.05, 0.1) is 24.0 Å². The van der Waals surface area contributed by atoms with E-state index in [0.717, 1.165) is 12.1 Å². The van der Waals surface area contributed by atoms with Gasteiger partial charge in [0, 0.05) is 11.6 Å². The van der Waals surface area contributed by atoms with Crippen molar-refractivity contribution in [1.82, 2.24) is 0 Å². The molecule has 3 atom stereocenters. The number of nitro groups is 1. The number of benzene rings is 1. The Balaban J connectivity index is 2.27. The number of ether oxygens (including phenoxy) is 2. The molecule has 1 aliphatic heterocycles. The highest BCUT2D eigenvalue weighted by atomic mass is 19.1. The van der Waals surface area contributed by atoms with Gasteiger partial charge >= 0.3 is 0 Å². The average Bonchev–Trinajstić information content (AvgIpc) is 2.48. The minimum absolute atomic E-state index is 0.0696. The van der Waals surface area contributed by atoms with Gasteiger partial charge in [-0.25, -0.2) is 13.8 Å². The molecule has 0 radical (unpaired) electrons. The molecule has 0 saturated heterocycles. The Morgan fingerprint density at radius 1 is 1.52 bits per heavy atom. The molecular weight excluding hydrogens is 312 g/mol. The normalized spacial score (nSPS) is 28.2. The van der Waals surface area contributed by atoms with E-state index in [0.29, 0.717) is 0 Å². The molecule has 0 saturated carbocycles. The Labute approximate surface area is 129 Å². The summed E-state index contributed by atoms with van der Waals surface area (Å²) >= 11 is 0. The minimum Gasteiger partial charge on any atom is -0.493 e. The van der Waals surface area contributed by atoms with Gasteiger partial charge < -0.3 is 15.2 Å². The van der Waals surface area contributed by atoms with Crippen molar-refractivity contribution in [2.45, 2.75) is 11.6 Å². The summed E-state index contributed by atoms with van der Waals surface area (Å²) in [5.74, 6) is -1.83. The number of alkyl halides is 1. The second kappa shape index (κ2) is 5.18. The van der Waals surface area contributed by atoms with Crippen molar-refractivity contribution in [3.63, 3.8) is 0 Å². The number of non-ortho nitro benzene ring substituents is 1. The van der Waals surface area contributed by atoms with Crippen molar-refractivity contribution in [3.8, 4) is 5.75 Å². The molecule has 1 aliphatic carbocycles. The van der Waals surface area contributed by atoms with Crippen LogP contribution in [0.1, 0.15) is 5.56 Å². The number of methoxy groups -OCH3 is 1. The lowest BCUT2D eigenvalue weighted by molar-refractivity contribution is -0.385. The summed E-state index contributed by atoms with van der Waals surface area (Å²) in [5, 5.41) is 11.0. The molecular formula is C14H13F2N3O4. The van der Waals surface area contributed by atoms with Gasteiger partial charge in [0.1, 0.15) is 18.3 Å². The van der Waals surface area contributed by atoms with Crippen LogP contribution in [-0.2, 0) is 10.3 Å². The van der Waals surface area contributed by atoms with Crippen molar-refractivity contribution in [3.05, 3.63) is 45.8 Å². The summed E-state index contributed by atoms with van der Waals surface area (Å²) in [5.41, 5.74) is 3.38. The molecule has 2 unspecified atom stereocenters. The standard InChI is InChI=1S/C14H13F2N3O4/c1-22-12-9(4-7(19(20)21)5-10(12)16)14(6-15)8-2-3-11(8)23-13(17)18-14/h2-5,8,11H,6H2,1H3,(H2,17,18)/t8-,11?,14?/m0/s1. The number of rotatable bonds is 4. The van der Waals surface area contributed by atoms with Gasteiger partial charge in [-0.05, 0) is 6.08 Å². The maximum absolute atomic E-state index is 14.2. The van der Waals surface area contributed by atoms with E-state index in [1.54, 1.807) is 12.2 Å². The Kier molecular flexibility index (Phi) is 3.42. The van der Waals surface area contributed by atoms with E-state index >= 15 is 0 Å². The van der Waals surface area contributed by atoms with Crippen LogP contribution in [0.15, 0.2) is 29.3 Å². The van der Waals surface area contributed by atoms with Gasteiger partial charge in [0.2, 0.25) is 0 Å². The van der Waals surface area contributed by atoms with E-state index in [-0.39, 0.29) is 17.3 Å². The monoisotopic (exact) mass is 325 g/mol. The maximum atomic E-state index is 14.2. The van der Waals surface area contributed by atoms with Gasteiger partial charge in [-0.1, -0.05) is 6.08 Å². The number of hydrogen-bond acceptors (Lipinski definition) is 6. The number of amidine groups is 1. The molecule has 1 aromatic rings. The number of fused-ring (bicyclic) bond motifs is 1. The van der Waals surface area contributed by atoms with E-state index in [2.05, 4.69) is 4.99 Å². The Hall–Kier alpha value is -2.71. The molecule has 3 rings (SSSR count). The molecule has 7 nitrogen and oxygen atoms in total. The Bertz CT molecular complexity index is 737. The summed E-state index contributed by atoms with van der Waals surface area (Å²) < 4.78 is 38.5. The highest BCUT2D eigenvalue weighted by Crippen LogP contribution is 2.49. The number of aliphatic imine (C=N–C) groups is 1. The van der Waals surface area contributed by atoms with Crippen LogP contribution in [0.4, 0.5) is 14.5 Å². The first kappa shape index (κ1) is 15.2. The lowest BCUT2D eigenvalue weighted by Gasteiger charge is -2.45. The van der Waals surface area contributed by atoms with Gasteiger partial charge in [-0.15, -0.1) is 0 Å². The first-order valence-corrected chi connectivity index (χ1v) is 6.71. The van der Waals surface area contributed by atoms with Crippen LogP contribution in [0.5, 0.6) is 5.75 Å². The van der Waals surface area contributed by atoms with Crippen molar-refractivity contribution in [2.75, 3.05) is 13.8 Å². The van der Waals surface area contributed by atoms with Gasteiger partial charge in [-0.3, -0.25) is 10.1 Å². The van der Waals surface area contributed by atoms with Crippen LogP contribution < -0.4 is 10.5 Å². The lowest BCUT2D eigenvalue weighted by atomic mass is 9.70. The third-order valence-corrected chi connectivity index (χ3v) is 4.09. The molecule has 2 aliphatic rings. The predicted molar refractivity (Wildman–Crippen MR) is 76.4 cm³/mol. The quantitative estimate of drug-likeness (QED) is 0.517. The van der Waals surface area contributed by atoms with Crippen molar-refractivity contribution < 1.29 is 23.2 Å². The van der Waals surface area contributed by atoms with Gasteiger partial charge in [0.25, 0.3) is 11.7 Å². The van der Waals surface area contributed by atoms with E-state index in [4.69, 9.17) is 15.2 Å². The van der Waals surface area contributed by atoms with Gasteiger partial charge in [-0.2, -0.15) is 0 Å². The molecule has 2 N–H and O–H groups in total. The molecule has 23 heavy (non-hydrogen) atoms. The second-order valence-electron chi connectivity index (χ2n) is 5.27. The molecule has 1 heterocycles. The van der Waals surface area contributed by atoms with Crippen molar-refractivity contribution in [1.29, 1.82) is 0 Å². The van der Waals surface area contributed by atoms with E-state index in [9.17, 15) is 18.9 Å². The number of nitrogens with two attached hydrogens (primary N) is 1. The zero-order valence-electron chi connectivity index (χ0n) is 12.0. The van der Waals surface area contributed by atoms with Crippen molar-refractivity contribution in [2.24, 2.45) is 16.6 Å². The summed E-state index contributed by atoms with van der Waals surface area (Å²) in [7, 11) is 1.19. The van der Waals surface area contributed by atoms with E-state index in [1.165, 1.54) is 7.11 Å². The van der Waals surface area contributed by atoms with Crippen LogP contribution in [0.25, 0.3) is 0 Å². The average molecular weight is 325 g/mol. The Morgan fingerprint density at radius 2 is 2.26 bits per heavy atom. The fourth-order valence-corrected chi connectivity index (χ4v) is 2.94. The highest BCUT2D eigenvalue weighted by Gasteiger charge is 2.53. The first-order valence-electron chi connectivity index (χ1n) is 6.71.